The highest BCUT2D eigenvalue weighted by Crippen LogP contribution is 2.32. The molecule has 0 saturated carbocycles. The fourth-order valence-corrected chi connectivity index (χ4v) is 2.72. The van der Waals surface area contributed by atoms with Gasteiger partial charge in [0.25, 0.3) is 0 Å². The molecule has 0 saturated heterocycles. The van der Waals surface area contributed by atoms with E-state index in [-0.39, 0.29) is 1.43 Å². The van der Waals surface area contributed by atoms with E-state index in [1.165, 1.54) is 0 Å². The Morgan fingerprint density at radius 3 is 1.61 bits per heavy atom. The first-order chi connectivity index (χ1) is 11.4. The van der Waals surface area contributed by atoms with Gasteiger partial charge in [0.15, 0.2) is 0 Å². The zero-order valence-corrected chi connectivity index (χ0v) is 12.6. The van der Waals surface area contributed by atoms with E-state index in [1.807, 2.05) is 54.6 Å². The van der Waals surface area contributed by atoms with Gasteiger partial charge in [0.1, 0.15) is 5.82 Å². The van der Waals surface area contributed by atoms with Crippen molar-refractivity contribution in [3.05, 3.63) is 91.0 Å². The third kappa shape index (κ3) is 2.67. The van der Waals surface area contributed by atoms with Gasteiger partial charge in [-0.15, -0.1) is 0 Å². The maximum atomic E-state index is 4.87. The Morgan fingerprint density at radius 2 is 1.04 bits per heavy atom. The highest BCUT2D eigenvalue weighted by molar-refractivity contribution is 5.81. The van der Waals surface area contributed by atoms with Gasteiger partial charge in [0.05, 0.1) is 11.4 Å². The first kappa shape index (κ1) is 13.5. The molecule has 0 amide bonds. The number of aromatic amines is 1. The van der Waals surface area contributed by atoms with Crippen LogP contribution in [0.4, 0.5) is 0 Å². The number of H-pyrrole nitrogens is 1. The molecule has 0 radical (unpaired) electrons. The monoisotopic (exact) mass is 298 g/mol. The summed E-state index contributed by atoms with van der Waals surface area (Å²) in [7, 11) is 0. The zero-order valence-electron chi connectivity index (χ0n) is 12.6. The minimum absolute atomic E-state index is 0. The number of aromatic nitrogens is 2. The first-order valence-electron chi connectivity index (χ1n) is 7.68. The second kappa shape index (κ2) is 5.93. The van der Waals surface area contributed by atoms with Crippen LogP contribution in [0.25, 0.3) is 33.9 Å². The van der Waals surface area contributed by atoms with Crippen LogP contribution in [0.3, 0.4) is 0 Å². The number of rotatable bonds is 3. The molecule has 112 valence electrons. The lowest BCUT2D eigenvalue weighted by molar-refractivity contribution is 1.31. The molecule has 2 nitrogen and oxygen atoms in total. The lowest BCUT2D eigenvalue weighted by atomic mass is 10.1. The second-order valence-corrected chi connectivity index (χ2v) is 5.41. The summed E-state index contributed by atoms with van der Waals surface area (Å²) in [5.41, 5.74) is 5.38. The third-order valence-electron chi connectivity index (χ3n) is 3.86. The molecule has 0 aliphatic rings. The van der Waals surface area contributed by atoms with E-state index in [0.717, 1.165) is 33.9 Å². The molecular weight excluding hydrogens is 280 g/mol. The Morgan fingerprint density at radius 1 is 0.565 bits per heavy atom. The molecule has 0 aliphatic carbocycles. The lowest BCUT2D eigenvalue weighted by Gasteiger charge is -2.02. The smallest absolute Gasteiger partial charge is 0.138 e. The van der Waals surface area contributed by atoms with Crippen molar-refractivity contribution in [3.8, 4) is 33.9 Å². The van der Waals surface area contributed by atoms with E-state index >= 15 is 0 Å². The van der Waals surface area contributed by atoms with E-state index in [4.69, 9.17) is 4.98 Å². The minimum Gasteiger partial charge on any atom is -0.337 e. The topological polar surface area (TPSA) is 28.7 Å². The van der Waals surface area contributed by atoms with Crippen molar-refractivity contribution in [2.24, 2.45) is 0 Å². The number of imidazole rings is 1. The summed E-state index contributed by atoms with van der Waals surface area (Å²) in [6.45, 7) is 0. The van der Waals surface area contributed by atoms with Crippen molar-refractivity contribution >= 4 is 0 Å². The summed E-state index contributed by atoms with van der Waals surface area (Å²) in [6.07, 6.45) is 0. The molecule has 2 heteroatoms. The number of nitrogens with one attached hydrogen (secondary N) is 1. The summed E-state index contributed by atoms with van der Waals surface area (Å²) in [5.74, 6) is 0.892. The van der Waals surface area contributed by atoms with E-state index in [2.05, 4.69) is 41.4 Å². The van der Waals surface area contributed by atoms with Crippen LogP contribution in [-0.2, 0) is 0 Å². The Balaban J connectivity index is 0.00000169. The van der Waals surface area contributed by atoms with Crippen molar-refractivity contribution in [2.75, 3.05) is 0 Å². The molecule has 0 atom stereocenters. The van der Waals surface area contributed by atoms with Gasteiger partial charge in [0, 0.05) is 18.1 Å². The summed E-state index contributed by atoms with van der Waals surface area (Å²) >= 11 is 0. The summed E-state index contributed by atoms with van der Waals surface area (Å²) in [4.78, 5) is 8.37. The Hall–Kier alpha value is -3.13. The van der Waals surface area contributed by atoms with Crippen molar-refractivity contribution in [2.45, 2.75) is 0 Å². The van der Waals surface area contributed by atoms with Gasteiger partial charge < -0.3 is 4.98 Å². The van der Waals surface area contributed by atoms with E-state index in [0.29, 0.717) is 0 Å². The molecular formula is C21H18N2. The molecule has 0 bridgehead atoms. The van der Waals surface area contributed by atoms with E-state index < -0.39 is 0 Å². The Kier molecular flexibility index (Phi) is 3.49. The first-order valence-corrected chi connectivity index (χ1v) is 7.68. The van der Waals surface area contributed by atoms with Gasteiger partial charge in [-0.2, -0.15) is 0 Å². The predicted octanol–water partition coefficient (Wildman–Crippen LogP) is 5.66. The SMILES string of the molecule is [HH].c1ccc(-c2nc(-c3ccccc3)c(-c3ccccc3)[nH]2)cc1. The number of benzene rings is 3. The summed E-state index contributed by atoms with van der Waals surface area (Å²) in [5, 5.41) is 0. The maximum Gasteiger partial charge on any atom is 0.138 e. The Labute approximate surface area is 137 Å². The highest BCUT2D eigenvalue weighted by atomic mass is 14.9. The molecule has 0 spiro atoms. The van der Waals surface area contributed by atoms with Gasteiger partial charge in [-0.3, -0.25) is 0 Å². The lowest BCUT2D eigenvalue weighted by Crippen LogP contribution is -1.82. The van der Waals surface area contributed by atoms with Gasteiger partial charge in [-0.1, -0.05) is 91.0 Å². The quantitative estimate of drug-likeness (QED) is 0.519. The van der Waals surface area contributed by atoms with Gasteiger partial charge in [-0.05, 0) is 0 Å². The minimum atomic E-state index is 0. The van der Waals surface area contributed by atoms with Crippen molar-refractivity contribution in [1.82, 2.24) is 9.97 Å². The van der Waals surface area contributed by atoms with Crippen LogP contribution in [0.5, 0.6) is 0 Å². The number of hydrogen-bond acceptors (Lipinski definition) is 1. The summed E-state index contributed by atoms with van der Waals surface area (Å²) in [6, 6.07) is 30.9. The van der Waals surface area contributed by atoms with Crippen LogP contribution in [0.1, 0.15) is 1.43 Å². The normalized spacial score (nSPS) is 10.6. The van der Waals surface area contributed by atoms with Gasteiger partial charge in [0.2, 0.25) is 0 Å². The molecule has 4 rings (SSSR count). The molecule has 1 N–H and O–H groups in total. The van der Waals surface area contributed by atoms with Gasteiger partial charge in [-0.25, -0.2) is 4.98 Å². The number of nitrogens with zero attached hydrogens (tertiary/aromatic N) is 1. The average Bonchev–Trinajstić information content (AvgIpc) is 3.09. The summed E-state index contributed by atoms with van der Waals surface area (Å²) < 4.78 is 0. The maximum absolute atomic E-state index is 4.87. The molecule has 0 fully saturated rings. The second-order valence-electron chi connectivity index (χ2n) is 5.41. The van der Waals surface area contributed by atoms with Gasteiger partial charge >= 0.3 is 0 Å². The number of hydrogen-bond donors (Lipinski definition) is 1. The fourth-order valence-electron chi connectivity index (χ4n) is 2.72. The molecule has 3 aromatic carbocycles. The van der Waals surface area contributed by atoms with Crippen molar-refractivity contribution in [3.63, 3.8) is 0 Å². The van der Waals surface area contributed by atoms with Crippen LogP contribution < -0.4 is 0 Å². The highest BCUT2D eigenvalue weighted by Gasteiger charge is 2.14. The van der Waals surface area contributed by atoms with Crippen molar-refractivity contribution in [1.29, 1.82) is 0 Å². The molecule has 1 heterocycles. The van der Waals surface area contributed by atoms with Crippen LogP contribution in [0.15, 0.2) is 91.0 Å². The fraction of sp³-hybridized carbons (Fsp3) is 0. The predicted molar refractivity (Wildman–Crippen MR) is 97.0 cm³/mol. The van der Waals surface area contributed by atoms with Crippen molar-refractivity contribution < 1.29 is 1.43 Å². The van der Waals surface area contributed by atoms with E-state index in [9.17, 15) is 0 Å². The third-order valence-corrected chi connectivity index (χ3v) is 3.86. The molecule has 4 aromatic rings. The van der Waals surface area contributed by atoms with Crippen LogP contribution in [0.2, 0.25) is 0 Å². The van der Waals surface area contributed by atoms with Crippen LogP contribution >= 0.6 is 0 Å². The zero-order chi connectivity index (χ0) is 15.5. The average molecular weight is 298 g/mol. The molecule has 0 aliphatic heterocycles. The van der Waals surface area contributed by atoms with Crippen LogP contribution in [0, 0.1) is 0 Å². The largest absolute Gasteiger partial charge is 0.337 e. The van der Waals surface area contributed by atoms with E-state index in [1.54, 1.807) is 0 Å². The standard InChI is InChI=1S/C21H16N2.H2/c1-4-10-16(11-5-1)19-20(17-12-6-2-7-13-17)23-21(22-19)18-14-8-3-9-15-18;/h1-15H,(H,22,23);1H. The Bertz CT molecular complexity index is 844. The van der Waals surface area contributed by atoms with Crippen LogP contribution in [-0.4, -0.2) is 9.97 Å². The molecule has 1 aromatic heterocycles. The molecule has 23 heavy (non-hydrogen) atoms. The molecule has 0 unspecified atom stereocenters.